The highest BCUT2D eigenvalue weighted by Crippen LogP contribution is 2.27. The summed E-state index contributed by atoms with van der Waals surface area (Å²) in [6, 6.07) is 0. The van der Waals surface area contributed by atoms with E-state index in [1.165, 1.54) is 142 Å². The van der Waals surface area contributed by atoms with Gasteiger partial charge in [-0.3, -0.25) is 9.11 Å². The molecule has 204 valence electrons. The summed E-state index contributed by atoms with van der Waals surface area (Å²) >= 11 is 0. The van der Waals surface area contributed by atoms with Crippen molar-refractivity contribution in [3.05, 3.63) is 0 Å². The first-order chi connectivity index (χ1) is 15.7. The van der Waals surface area contributed by atoms with E-state index in [4.69, 9.17) is 23.3 Å². The largest absolute Gasteiger partial charge is 0.394 e. The smallest absolute Gasteiger partial charge is 0.333 e. The summed E-state index contributed by atoms with van der Waals surface area (Å²) in [5.41, 5.74) is 11.6. The third kappa shape index (κ3) is 39.3. The second-order valence-electron chi connectivity index (χ2n) is 9.36. The van der Waals surface area contributed by atoms with Gasteiger partial charge in [-0.1, -0.05) is 136 Å². The first kappa shape index (κ1) is 37.3. The van der Waals surface area contributed by atoms with Gasteiger partial charge in [0, 0.05) is 5.54 Å². The lowest BCUT2D eigenvalue weighted by Crippen LogP contribution is -2.39. The van der Waals surface area contributed by atoms with Crippen LogP contribution in [-0.4, -0.2) is 30.1 Å². The highest BCUT2D eigenvalue weighted by molar-refractivity contribution is 7.79. The highest BCUT2D eigenvalue weighted by Gasteiger charge is 2.23. The molecule has 0 aliphatic heterocycles. The molecule has 0 rings (SSSR count). The predicted molar refractivity (Wildman–Crippen MR) is 145 cm³/mol. The predicted octanol–water partition coefficient (Wildman–Crippen LogP) is 7.86. The molecule has 0 saturated heterocycles. The van der Waals surface area contributed by atoms with E-state index >= 15 is 0 Å². The van der Waals surface area contributed by atoms with Gasteiger partial charge in [0.25, 0.3) is 0 Å². The minimum atomic E-state index is -4.67. The van der Waals surface area contributed by atoms with Gasteiger partial charge < -0.3 is 11.5 Å². The van der Waals surface area contributed by atoms with E-state index in [1.54, 1.807) is 0 Å². The summed E-state index contributed by atoms with van der Waals surface area (Å²) in [6.07, 6.45) is 28.8. The Hall–Kier alpha value is -0.210. The lowest BCUT2D eigenvalue weighted by Gasteiger charge is -2.30. The van der Waals surface area contributed by atoms with E-state index < -0.39 is 10.4 Å². The molecule has 7 heteroatoms. The molecule has 0 unspecified atom stereocenters. The third-order valence-electron chi connectivity index (χ3n) is 6.08. The van der Waals surface area contributed by atoms with E-state index in [0.29, 0.717) is 0 Å². The van der Waals surface area contributed by atoms with Crippen molar-refractivity contribution >= 4 is 10.4 Å². The van der Waals surface area contributed by atoms with E-state index in [9.17, 15) is 0 Å². The second-order valence-corrected chi connectivity index (χ2v) is 10.3. The van der Waals surface area contributed by atoms with Gasteiger partial charge in [-0.15, -0.1) is 0 Å². The van der Waals surface area contributed by atoms with Crippen LogP contribution in [0.3, 0.4) is 0 Å². The van der Waals surface area contributed by atoms with Gasteiger partial charge in [-0.05, 0) is 26.3 Å². The Morgan fingerprint density at radius 3 is 0.909 bits per heavy atom. The highest BCUT2D eigenvalue weighted by atomic mass is 32.3. The second kappa shape index (κ2) is 28.0. The molecule has 33 heavy (non-hydrogen) atoms. The Bertz CT molecular complexity index is 410. The van der Waals surface area contributed by atoms with Crippen LogP contribution in [0.5, 0.6) is 0 Å². The fourth-order valence-electron chi connectivity index (χ4n) is 4.15. The maximum absolute atomic E-state index is 8.74. The Labute approximate surface area is 207 Å². The van der Waals surface area contributed by atoms with Gasteiger partial charge in [0.05, 0.1) is 0 Å². The fourth-order valence-corrected chi connectivity index (χ4v) is 4.15. The molecule has 0 fully saturated rings. The van der Waals surface area contributed by atoms with E-state index in [-0.39, 0.29) is 5.54 Å². The number of hydrogen-bond acceptors (Lipinski definition) is 4. The van der Waals surface area contributed by atoms with Crippen molar-refractivity contribution in [1.29, 1.82) is 0 Å². The topological polar surface area (TPSA) is 127 Å². The molecule has 0 aromatic carbocycles. The SMILES string of the molecule is CCCCCCCCC(N)(CCCCCCCC)CCCCCCCC.CN.O=S(=O)(O)O. The molecule has 6 nitrogen and oxygen atoms in total. The van der Waals surface area contributed by atoms with Crippen LogP contribution in [0.25, 0.3) is 0 Å². The van der Waals surface area contributed by atoms with Crippen molar-refractivity contribution in [2.24, 2.45) is 11.5 Å². The molecule has 0 aromatic heterocycles. The van der Waals surface area contributed by atoms with Crippen molar-refractivity contribution in [2.75, 3.05) is 7.05 Å². The first-order valence-electron chi connectivity index (χ1n) is 13.7. The van der Waals surface area contributed by atoms with E-state index in [2.05, 4.69) is 26.5 Å². The van der Waals surface area contributed by atoms with Gasteiger partial charge in [0.2, 0.25) is 0 Å². The average Bonchev–Trinajstić information content (AvgIpc) is 2.76. The zero-order chi connectivity index (χ0) is 25.8. The zero-order valence-corrected chi connectivity index (χ0v) is 23.4. The Kier molecular flexibility index (Phi) is 31.7. The number of nitrogens with two attached hydrogens (primary N) is 2. The van der Waals surface area contributed by atoms with Crippen LogP contribution in [-0.2, 0) is 10.4 Å². The molecular formula is C26H60N2O4S. The van der Waals surface area contributed by atoms with Crippen LogP contribution in [0, 0.1) is 0 Å². The Balaban J connectivity index is -0.00000112. The lowest BCUT2D eigenvalue weighted by atomic mass is 9.82. The van der Waals surface area contributed by atoms with E-state index in [1.807, 2.05) is 0 Å². The minimum absolute atomic E-state index is 0.139. The van der Waals surface area contributed by atoms with Crippen LogP contribution in [0.15, 0.2) is 0 Å². The zero-order valence-electron chi connectivity index (χ0n) is 22.6. The minimum Gasteiger partial charge on any atom is -0.333 e. The molecule has 0 bridgehead atoms. The normalized spacial score (nSPS) is 11.4. The van der Waals surface area contributed by atoms with Crippen molar-refractivity contribution < 1.29 is 17.5 Å². The summed E-state index contributed by atoms with van der Waals surface area (Å²) < 4.78 is 31.6. The van der Waals surface area contributed by atoms with E-state index in [0.717, 1.165) is 0 Å². The van der Waals surface area contributed by atoms with Gasteiger partial charge in [-0.2, -0.15) is 8.42 Å². The first-order valence-corrected chi connectivity index (χ1v) is 15.1. The van der Waals surface area contributed by atoms with Gasteiger partial charge in [0.1, 0.15) is 0 Å². The summed E-state index contributed by atoms with van der Waals surface area (Å²) in [6.45, 7) is 6.89. The summed E-state index contributed by atoms with van der Waals surface area (Å²) in [5, 5.41) is 0. The number of unbranched alkanes of at least 4 members (excludes halogenated alkanes) is 15. The van der Waals surface area contributed by atoms with Crippen LogP contribution in [0.4, 0.5) is 0 Å². The molecule has 0 radical (unpaired) electrons. The summed E-state index contributed by atoms with van der Waals surface area (Å²) in [4.78, 5) is 0. The van der Waals surface area contributed by atoms with Crippen LogP contribution in [0.1, 0.15) is 156 Å². The quantitative estimate of drug-likeness (QED) is 0.0946. The average molecular weight is 497 g/mol. The monoisotopic (exact) mass is 496 g/mol. The standard InChI is InChI=1S/C25H53N.CH5N.H2O4S/c1-4-7-10-13-16-19-22-25(26,23-20-17-14-11-8-5-2)24-21-18-15-12-9-6-3;1-2;1-5(2,3)4/h4-24,26H2,1-3H3;2H2,1H3;(H2,1,2,3,4). The molecule has 0 aromatic rings. The summed E-state index contributed by atoms with van der Waals surface area (Å²) in [5.74, 6) is 0. The summed E-state index contributed by atoms with van der Waals surface area (Å²) in [7, 11) is -3.17. The number of hydrogen-bond donors (Lipinski definition) is 4. The van der Waals surface area contributed by atoms with Crippen LogP contribution < -0.4 is 11.5 Å². The van der Waals surface area contributed by atoms with Crippen molar-refractivity contribution in [3.63, 3.8) is 0 Å². The maximum atomic E-state index is 8.74. The van der Waals surface area contributed by atoms with Gasteiger partial charge in [0.15, 0.2) is 0 Å². The molecule has 0 aliphatic carbocycles. The molecule has 0 saturated carbocycles. The van der Waals surface area contributed by atoms with Crippen molar-refractivity contribution in [1.82, 2.24) is 0 Å². The maximum Gasteiger partial charge on any atom is 0.394 e. The van der Waals surface area contributed by atoms with Crippen LogP contribution in [0.2, 0.25) is 0 Å². The lowest BCUT2D eigenvalue weighted by molar-refractivity contribution is 0.302. The molecule has 0 spiro atoms. The van der Waals surface area contributed by atoms with Gasteiger partial charge >= 0.3 is 10.4 Å². The molecule has 6 N–H and O–H groups in total. The van der Waals surface area contributed by atoms with Crippen molar-refractivity contribution in [3.8, 4) is 0 Å². The molecule has 0 heterocycles. The molecule has 0 amide bonds. The molecule has 0 aliphatic rings. The Morgan fingerprint density at radius 2 is 0.697 bits per heavy atom. The number of rotatable bonds is 21. The Morgan fingerprint density at radius 1 is 0.515 bits per heavy atom. The van der Waals surface area contributed by atoms with Crippen molar-refractivity contribution in [2.45, 2.75) is 161 Å². The van der Waals surface area contributed by atoms with Crippen LogP contribution >= 0.6 is 0 Å². The fraction of sp³-hybridized carbons (Fsp3) is 1.00. The third-order valence-corrected chi connectivity index (χ3v) is 6.08. The van der Waals surface area contributed by atoms with Gasteiger partial charge in [-0.25, -0.2) is 0 Å². The molecular weight excluding hydrogens is 436 g/mol. The molecule has 0 atom stereocenters.